The molecular weight excluding hydrogens is 283 g/mol. The molecule has 4 N–H and O–H groups in total. The van der Waals surface area contributed by atoms with Gasteiger partial charge in [0.2, 0.25) is 0 Å². The topological polar surface area (TPSA) is 93.0 Å². The lowest BCUT2D eigenvalue weighted by Gasteiger charge is -2.35. The van der Waals surface area contributed by atoms with E-state index in [0.717, 1.165) is 25.6 Å². The molecule has 1 aliphatic heterocycles. The largest absolute Gasteiger partial charge is 0.480 e. The van der Waals surface area contributed by atoms with E-state index in [0.29, 0.717) is 32.0 Å². The van der Waals surface area contributed by atoms with Gasteiger partial charge in [-0.2, -0.15) is 0 Å². The molecule has 1 unspecified atom stereocenters. The quantitative estimate of drug-likeness (QED) is 0.352. The Bertz CT molecular complexity index is 336. The lowest BCUT2D eigenvalue weighted by atomic mass is 9.81. The van der Waals surface area contributed by atoms with E-state index in [2.05, 4.69) is 17.1 Å². The maximum absolute atomic E-state index is 11.7. The zero-order chi connectivity index (χ0) is 16.6. The molecule has 6 nitrogen and oxygen atoms in total. The molecule has 1 heterocycles. The highest BCUT2D eigenvalue weighted by Gasteiger charge is 2.36. The predicted molar refractivity (Wildman–Crippen MR) is 87.7 cm³/mol. The molecule has 0 aromatic carbocycles. The monoisotopic (exact) mass is 314 g/mol. The van der Waals surface area contributed by atoms with Crippen molar-refractivity contribution in [3.05, 3.63) is 0 Å². The van der Waals surface area contributed by atoms with Crippen LogP contribution in [0, 0.1) is 5.92 Å². The molecule has 128 valence electrons. The number of nitrogens with zero attached hydrogens (tertiary/aromatic N) is 1. The van der Waals surface area contributed by atoms with Crippen molar-refractivity contribution < 1.29 is 19.9 Å². The molecule has 1 rings (SSSR count). The molecule has 0 aliphatic carbocycles. The average Bonchev–Trinajstić information content (AvgIpc) is 2.48. The Balaban J connectivity index is 2.46. The first kappa shape index (κ1) is 19.4. The van der Waals surface area contributed by atoms with Gasteiger partial charge in [-0.3, -0.25) is 4.79 Å². The average molecular weight is 314 g/mol. The van der Waals surface area contributed by atoms with Crippen LogP contribution in [0.15, 0.2) is 0 Å². The second kappa shape index (κ2) is 9.50. The SMILES string of the molecule is CNC(CCCCB(O)O)(CCN1CCC(C)CC1)C(=O)O. The lowest BCUT2D eigenvalue weighted by Crippen LogP contribution is -2.52. The third-order valence-electron chi connectivity index (χ3n) is 4.93. The van der Waals surface area contributed by atoms with Crippen molar-refractivity contribution >= 4 is 13.1 Å². The fourth-order valence-electron chi connectivity index (χ4n) is 3.08. The second-order valence-electron chi connectivity index (χ2n) is 6.64. The van der Waals surface area contributed by atoms with E-state index < -0.39 is 18.6 Å². The molecule has 1 atom stereocenters. The number of likely N-dealkylation sites (tertiary alicyclic amines) is 1. The van der Waals surface area contributed by atoms with E-state index in [9.17, 15) is 9.90 Å². The molecule has 1 fully saturated rings. The Hall–Kier alpha value is -0.625. The minimum absolute atomic E-state index is 0.295. The lowest BCUT2D eigenvalue weighted by molar-refractivity contribution is -0.145. The van der Waals surface area contributed by atoms with E-state index >= 15 is 0 Å². The van der Waals surface area contributed by atoms with E-state index in [4.69, 9.17) is 10.0 Å². The summed E-state index contributed by atoms with van der Waals surface area (Å²) >= 11 is 0. The number of unbranched alkanes of at least 4 members (excludes halogenated alkanes) is 1. The Morgan fingerprint density at radius 3 is 2.41 bits per heavy atom. The molecule has 0 bridgehead atoms. The normalized spacial score (nSPS) is 19.8. The summed E-state index contributed by atoms with van der Waals surface area (Å²) in [5.74, 6) is -0.0420. The van der Waals surface area contributed by atoms with Crippen LogP contribution >= 0.6 is 0 Å². The second-order valence-corrected chi connectivity index (χ2v) is 6.64. The van der Waals surface area contributed by atoms with Crippen LogP contribution < -0.4 is 5.32 Å². The smallest absolute Gasteiger partial charge is 0.451 e. The van der Waals surface area contributed by atoms with Gasteiger partial charge in [-0.15, -0.1) is 0 Å². The highest BCUT2D eigenvalue weighted by atomic mass is 16.4. The Labute approximate surface area is 134 Å². The number of carboxylic acid groups (broad SMARTS) is 1. The molecule has 0 spiro atoms. The zero-order valence-electron chi connectivity index (χ0n) is 13.9. The van der Waals surface area contributed by atoms with E-state index in [-0.39, 0.29) is 0 Å². The van der Waals surface area contributed by atoms with Crippen molar-refractivity contribution in [3.63, 3.8) is 0 Å². The number of hydrogen-bond acceptors (Lipinski definition) is 5. The number of piperidine rings is 1. The number of carboxylic acids is 1. The summed E-state index contributed by atoms with van der Waals surface area (Å²) in [4.78, 5) is 14.1. The van der Waals surface area contributed by atoms with Gasteiger partial charge in [-0.1, -0.05) is 19.8 Å². The summed E-state index contributed by atoms with van der Waals surface area (Å²) in [5.41, 5.74) is -0.913. The van der Waals surface area contributed by atoms with Gasteiger partial charge in [0, 0.05) is 6.54 Å². The van der Waals surface area contributed by atoms with Crippen molar-refractivity contribution in [2.45, 2.75) is 57.3 Å². The maximum Gasteiger partial charge on any atom is 0.451 e. The fraction of sp³-hybridized carbons (Fsp3) is 0.933. The number of carbonyl (C=O) groups is 1. The predicted octanol–water partition coefficient (Wildman–Crippen LogP) is 0.794. The molecule has 1 saturated heterocycles. The van der Waals surface area contributed by atoms with Crippen LogP contribution in [0.1, 0.15) is 45.4 Å². The van der Waals surface area contributed by atoms with Crippen molar-refractivity contribution in [1.82, 2.24) is 10.2 Å². The summed E-state index contributed by atoms with van der Waals surface area (Å²) in [6.07, 6.45) is 5.05. The first-order valence-electron chi connectivity index (χ1n) is 8.40. The van der Waals surface area contributed by atoms with Crippen molar-refractivity contribution in [1.29, 1.82) is 0 Å². The molecule has 1 aliphatic rings. The number of aliphatic carboxylic acids is 1. The van der Waals surface area contributed by atoms with Crippen molar-refractivity contribution in [3.8, 4) is 0 Å². The van der Waals surface area contributed by atoms with Gasteiger partial charge in [-0.25, -0.2) is 0 Å². The maximum atomic E-state index is 11.7. The number of rotatable bonds is 10. The highest BCUT2D eigenvalue weighted by molar-refractivity contribution is 6.40. The fourth-order valence-corrected chi connectivity index (χ4v) is 3.08. The van der Waals surface area contributed by atoms with Gasteiger partial charge in [0.05, 0.1) is 0 Å². The Kier molecular flexibility index (Phi) is 8.39. The number of likely N-dealkylation sites (N-methyl/N-ethyl adjacent to an activating group) is 1. The molecule has 0 saturated carbocycles. The van der Waals surface area contributed by atoms with Gasteiger partial charge in [0.15, 0.2) is 0 Å². The third-order valence-corrected chi connectivity index (χ3v) is 4.93. The summed E-state index contributed by atoms with van der Waals surface area (Å²) < 4.78 is 0. The van der Waals surface area contributed by atoms with Crippen LogP contribution in [0.5, 0.6) is 0 Å². The van der Waals surface area contributed by atoms with Gasteiger partial charge in [0.25, 0.3) is 0 Å². The van der Waals surface area contributed by atoms with Gasteiger partial charge < -0.3 is 25.4 Å². The molecule has 7 heteroatoms. The van der Waals surface area contributed by atoms with Crippen LogP contribution in [0.3, 0.4) is 0 Å². The molecule has 0 aromatic heterocycles. The first-order valence-corrected chi connectivity index (χ1v) is 8.40. The molecule has 0 aromatic rings. The molecule has 0 radical (unpaired) electrons. The molecule has 0 amide bonds. The minimum atomic E-state index is -1.30. The van der Waals surface area contributed by atoms with Gasteiger partial charge in [-0.05, 0) is 58.1 Å². The molecule has 22 heavy (non-hydrogen) atoms. The van der Waals surface area contributed by atoms with E-state index in [1.165, 1.54) is 12.8 Å². The third kappa shape index (κ3) is 6.24. The van der Waals surface area contributed by atoms with E-state index in [1.54, 1.807) is 7.05 Å². The van der Waals surface area contributed by atoms with Crippen LogP contribution in [-0.2, 0) is 4.79 Å². The van der Waals surface area contributed by atoms with Gasteiger partial charge >= 0.3 is 13.1 Å². The highest BCUT2D eigenvalue weighted by Crippen LogP contribution is 2.23. The summed E-state index contributed by atoms with van der Waals surface area (Å²) in [5, 5.41) is 30.3. The molecular formula is C15H31BN2O4. The zero-order valence-corrected chi connectivity index (χ0v) is 13.9. The summed E-state index contributed by atoms with van der Waals surface area (Å²) in [6, 6.07) is 0. The van der Waals surface area contributed by atoms with Crippen LogP contribution in [0.2, 0.25) is 6.32 Å². The Morgan fingerprint density at radius 2 is 1.91 bits per heavy atom. The standard InChI is InChI=1S/C15H31BN2O4/c1-13-5-10-18(11-6-13)12-8-15(17-2,14(19)20)7-3-4-9-16(21)22/h13,17,21-22H,3-12H2,1-2H3,(H,19,20). The van der Waals surface area contributed by atoms with E-state index in [1.807, 2.05) is 0 Å². The summed E-state index contributed by atoms with van der Waals surface area (Å²) in [6.45, 7) is 5.17. The van der Waals surface area contributed by atoms with Crippen LogP contribution in [0.4, 0.5) is 0 Å². The summed E-state index contributed by atoms with van der Waals surface area (Å²) in [7, 11) is 0.400. The number of nitrogens with one attached hydrogen (secondary N) is 1. The first-order chi connectivity index (χ1) is 10.4. The minimum Gasteiger partial charge on any atom is -0.480 e. The van der Waals surface area contributed by atoms with Crippen molar-refractivity contribution in [2.75, 3.05) is 26.7 Å². The van der Waals surface area contributed by atoms with Crippen LogP contribution in [0.25, 0.3) is 0 Å². The van der Waals surface area contributed by atoms with Gasteiger partial charge in [0.1, 0.15) is 5.54 Å². The Morgan fingerprint density at radius 1 is 1.27 bits per heavy atom. The van der Waals surface area contributed by atoms with Crippen LogP contribution in [-0.4, -0.2) is 65.4 Å². The number of hydrogen-bond donors (Lipinski definition) is 4. The van der Waals surface area contributed by atoms with Crippen molar-refractivity contribution in [2.24, 2.45) is 5.92 Å².